The molecule has 0 bridgehead atoms. The second-order valence-electron chi connectivity index (χ2n) is 4.97. The summed E-state index contributed by atoms with van der Waals surface area (Å²) in [6.07, 6.45) is 1.71. The molecule has 1 unspecified atom stereocenters. The van der Waals surface area contributed by atoms with Gasteiger partial charge in [-0.15, -0.1) is 0 Å². The Hall–Kier alpha value is -1.62. The van der Waals surface area contributed by atoms with Crippen molar-refractivity contribution in [2.24, 2.45) is 0 Å². The van der Waals surface area contributed by atoms with Gasteiger partial charge >= 0.3 is 0 Å². The maximum Gasteiger partial charge on any atom is 0.220 e. The zero-order valence-corrected chi connectivity index (χ0v) is 13.9. The zero-order chi connectivity index (χ0) is 16.4. The van der Waals surface area contributed by atoms with Crippen molar-refractivity contribution >= 4 is 28.6 Å². The van der Waals surface area contributed by atoms with E-state index in [9.17, 15) is 14.4 Å². The second-order valence-corrected chi connectivity index (χ2v) is 6.07. The lowest BCUT2D eigenvalue weighted by Crippen LogP contribution is -2.41. The van der Waals surface area contributed by atoms with Crippen molar-refractivity contribution in [1.29, 1.82) is 0 Å². The summed E-state index contributed by atoms with van der Waals surface area (Å²) in [7, 11) is 0. The highest BCUT2D eigenvalue weighted by atomic mass is 32.2. The van der Waals surface area contributed by atoms with Crippen LogP contribution < -0.4 is 5.32 Å². The maximum absolute atomic E-state index is 12.3. The summed E-state index contributed by atoms with van der Waals surface area (Å²) in [5.74, 6) is 0.482. The van der Waals surface area contributed by atoms with E-state index < -0.39 is 6.04 Å². The molecule has 5 heteroatoms. The van der Waals surface area contributed by atoms with Gasteiger partial charge in [0.15, 0.2) is 0 Å². The van der Waals surface area contributed by atoms with E-state index in [1.54, 1.807) is 6.92 Å². The third-order valence-electron chi connectivity index (χ3n) is 3.24. The molecule has 1 rings (SSSR count). The minimum Gasteiger partial charge on any atom is -0.345 e. The lowest BCUT2D eigenvalue weighted by Gasteiger charge is -2.17. The van der Waals surface area contributed by atoms with Crippen molar-refractivity contribution in [2.45, 2.75) is 45.6 Å². The Morgan fingerprint density at radius 3 is 2.36 bits per heavy atom. The van der Waals surface area contributed by atoms with Crippen molar-refractivity contribution in [1.82, 2.24) is 5.32 Å². The molecule has 1 aromatic carbocycles. The Kier molecular flexibility index (Phi) is 8.51. The summed E-state index contributed by atoms with van der Waals surface area (Å²) in [4.78, 5) is 35.2. The average Bonchev–Trinajstić information content (AvgIpc) is 2.54. The van der Waals surface area contributed by atoms with Gasteiger partial charge in [-0.25, -0.2) is 0 Å². The molecule has 120 valence electrons. The van der Waals surface area contributed by atoms with Crippen LogP contribution in [0.5, 0.6) is 0 Å². The van der Waals surface area contributed by atoms with E-state index in [1.807, 2.05) is 37.3 Å². The normalized spacial score (nSPS) is 11.7. The number of Topliss-reactive ketones (excluding diaryl/α,β-unsaturated/α-hetero) is 1. The van der Waals surface area contributed by atoms with Crippen molar-refractivity contribution in [3.63, 3.8) is 0 Å². The van der Waals surface area contributed by atoms with Gasteiger partial charge in [-0.2, -0.15) is 0 Å². The summed E-state index contributed by atoms with van der Waals surface area (Å²) in [5, 5.41) is 2.68. The number of amides is 1. The van der Waals surface area contributed by atoms with E-state index in [-0.39, 0.29) is 16.8 Å². The molecule has 0 aliphatic carbocycles. The highest BCUT2D eigenvalue weighted by Gasteiger charge is 2.21. The molecular formula is C17H23NO3S. The second kappa shape index (κ2) is 10.2. The molecule has 0 spiro atoms. The van der Waals surface area contributed by atoms with Gasteiger partial charge in [0, 0.05) is 31.4 Å². The summed E-state index contributed by atoms with van der Waals surface area (Å²) in [6.45, 7) is 3.57. The molecule has 0 fully saturated rings. The number of carbonyl (C=O) groups is 3. The number of carbonyl (C=O) groups excluding carboxylic acids is 3. The smallest absolute Gasteiger partial charge is 0.220 e. The third-order valence-corrected chi connectivity index (χ3v) is 4.22. The van der Waals surface area contributed by atoms with Crippen molar-refractivity contribution in [2.75, 3.05) is 5.75 Å². The van der Waals surface area contributed by atoms with Gasteiger partial charge in [0.05, 0.1) is 0 Å². The molecule has 0 saturated heterocycles. The number of hydrogen-bond donors (Lipinski definition) is 1. The van der Waals surface area contributed by atoms with Gasteiger partial charge in [0.25, 0.3) is 0 Å². The molecule has 22 heavy (non-hydrogen) atoms. The molecule has 0 saturated carbocycles. The van der Waals surface area contributed by atoms with Crippen molar-refractivity contribution in [3.05, 3.63) is 35.9 Å². The Balaban J connectivity index is 2.62. The highest BCUT2D eigenvalue weighted by molar-refractivity contribution is 8.13. The largest absolute Gasteiger partial charge is 0.345 e. The van der Waals surface area contributed by atoms with Crippen LogP contribution in [-0.4, -0.2) is 28.6 Å². The molecule has 1 atom stereocenters. The Labute approximate surface area is 136 Å². The fourth-order valence-corrected chi connectivity index (χ4v) is 2.76. The lowest BCUT2D eigenvalue weighted by molar-refractivity contribution is -0.124. The SMILES string of the molecule is CCC(=O)CCSC(=O)C(Cc1ccccc1)NC(=O)CC. The first-order chi connectivity index (χ1) is 10.6. The number of ketones is 1. The van der Waals surface area contributed by atoms with Gasteiger partial charge in [-0.3, -0.25) is 14.4 Å². The number of thioether (sulfide) groups is 1. The monoisotopic (exact) mass is 321 g/mol. The van der Waals surface area contributed by atoms with E-state index in [4.69, 9.17) is 0 Å². The molecule has 0 aliphatic rings. The number of hydrogen-bond acceptors (Lipinski definition) is 4. The number of rotatable bonds is 9. The van der Waals surface area contributed by atoms with Gasteiger partial charge in [-0.05, 0) is 5.56 Å². The Morgan fingerprint density at radius 2 is 1.77 bits per heavy atom. The molecular weight excluding hydrogens is 298 g/mol. The van der Waals surface area contributed by atoms with Crippen LogP contribution in [0.25, 0.3) is 0 Å². The van der Waals surface area contributed by atoms with Crippen LogP contribution in [0.15, 0.2) is 30.3 Å². The van der Waals surface area contributed by atoms with Crippen molar-refractivity contribution < 1.29 is 14.4 Å². The first kappa shape index (κ1) is 18.4. The van der Waals surface area contributed by atoms with E-state index in [0.29, 0.717) is 31.4 Å². The fourth-order valence-electron chi connectivity index (χ4n) is 1.88. The third kappa shape index (κ3) is 6.89. The van der Waals surface area contributed by atoms with E-state index in [0.717, 1.165) is 17.3 Å². The first-order valence-corrected chi connectivity index (χ1v) is 8.57. The average molecular weight is 321 g/mol. The van der Waals surface area contributed by atoms with Crippen molar-refractivity contribution in [3.8, 4) is 0 Å². The predicted molar refractivity (Wildman–Crippen MR) is 89.7 cm³/mol. The van der Waals surface area contributed by atoms with Crippen LogP contribution in [0.2, 0.25) is 0 Å². The molecule has 0 aliphatic heterocycles. The van der Waals surface area contributed by atoms with Crippen LogP contribution in [0.1, 0.15) is 38.7 Å². The summed E-state index contributed by atoms with van der Waals surface area (Å²) in [5.41, 5.74) is 1.00. The molecule has 1 aromatic rings. The zero-order valence-electron chi connectivity index (χ0n) is 13.1. The van der Waals surface area contributed by atoms with Crippen LogP contribution in [0.3, 0.4) is 0 Å². The van der Waals surface area contributed by atoms with Gasteiger partial charge in [-0.1, -0.05) is 55.9 Å². The Bertz CT molecular complexity index is 502. The molecule has 0 radical (unpaired) electrons. The van der Waals surface area contributed by atoms with Crippen LogP contribution >= 0.6 is 11.8 Å². The molecule has 0 aromatic heterocycles. The van der Waals surface area contributed by atoms with Gasteiger partial charge in [0.1, 0.15) is 11.8 Å². The van der Waals surface area contributed by atoms with Gasteiger partial charge in [0.2, 0.25) is 11.0 Å². The fraction of sp³-hybridized carbons (Fsp3) is 0.471. The summed E-state index contributed by atoms with van der Waals surface area (Å²) in [6, 6.07) is 9.05. The standard InChI is InChI=1S/C17H23NO3S/c1-3-14(19)10-11-22-17(21)15(18-16(20)4-2)12-13-8-6-5-7-9-13/h5-9,15H,3-4,10-12H2,1-2H3,(H,18,20). The number of nitrogens with one attached hydrogen (secondary N) is 1. The lowest BCUT2D eigenvalue weighted by atomic mass is 10.1. The molecule has 1 N–H and O–H groups in total. The maximum atomic E-state index is 12.3. The topological polar surface area (TPSA) is 63.2 Å². The molecule has 4 nitrogen and oxygen atoms in total. The van der Waals surface area contributed by atoms with Crippen LogP contribution in [0, 0.1) is 0 Å². The van der Waals surface area contributed by atoms with Crippen LogP contribution in [0.4, 0.5) is 0 Å². The first-order valence-electron chi connectivity index (χ1n) is 7.58. The van der Waals surface area contributed by atoms with Gasteiger partial charge < -0.3 is 5.32 Å². The highest BCUT2D eigenvalue weighted by Crippen LogP contribution is 2.13. The summed E-state index contributed by atoms with van der Waals surface area (Å²) < 4.78 is 0. The quantitative estimate of drug-likeness (QED) is 0.759. The minimum absolute atomic E-state index is 0.0884. The number of benzene rings is 1. The minimum atomic E-state index is -0.545. The molecule has 1 amide bonds. The molecule has 0 heterocycles. The summed E-state index contributed by atoms with van der Waals surface area (Å²) >= 11 is 1.13. The van der Waals surface area contributed by atoms with E-state index in [2.05, 4.69) is 5.32 Å². The van der Waals surface area contributed by atoms with E-state index >= 15 is 0 Å². The van der Waals surface area contributed by atoms with Crippen LogP contribution in [-0.2, 0) is 20.8 Å². The predicted octanol–water partition coefficient (Wildman–Crippen LogP) is 2.75. The Morgan fingerprint density at radius 1 is 1.09 bits per heavy atom. The van der Waals surface area contributed by atoms with E-state index in [1.165, 1.54) is 0 Å².